The average molecular weight is 472 g/mol. The van der Waals surface area contributed by atoms with Crippen LogP contribution in [0, 0.1) is 0 Å². The molecular formula is C28H33N5O2. The highest BCUT2D eigenvalue weighted by atomic mass is 16.5. The highest BCUT2D eigenvalue weighted by Crippen LogP contribution is 2.25. The zero-order valence-electron chi connectivity index (χ0n) is 20.3. The number of nitrogens with zero attached hydrogens (tertiary/aromatic N) is 4. The molecule has 1 fully saturated rings. The lowest BCUT2D eigenvalue weighted by atomic mass is 10.0. The number of rotatable bonds is 8. The number of amides is 1. The second-order valence-corrected chi connectivity index (χ2v) is 8.72. The van der Waals surface area contributed by atoms with Gasteiger partial charge in [0.05, 0.1) is 49.3 Å². The van der Waals surface area contributed by atoms with Gasteiger partial charge in [-0.1, -0.05) is 61.2 Å². The fraction of sp³-hybridized carbons (Fsp3) is 0.321. The third-order valence-electron chi connectivity index (χ3n) is 6.31. The standard InChI is InChI=1S/C28H33N5O2/c1-3-4-6-10-21(2)27(29)26(25-20-35-18-15-30-25)28(34)33-16-9-13-23(33)19-32-17-14-24(31-32)22-11-7-5-8-12-22/h3-8,10-12,14,17,23H,1,9,13,15-16,18-20,29H2,2H3/b6-4-,21-10+,27-26+/t23-/m0/s1. The van der Waals surface area contributed by atoms with E-state index in [2.05, 4.69) is 11.6 Å². The van der Waals surface area contributed by atoms with Gasteiger partial charge in [0.2, 0.25) is 0 Å². The Balaban J connectivity index is 1.59. The molecule has 4 rings (SSSR count). The summed E-state index contributed by atoms with van der Waals surface area (Å²) in [6, 6.07) is 12.1. The average Bonchev–Trinajstić information content (AvgIpc) is 3.55. The maximum atomic E-state index is 13.9. The monoisotopic (exact) mass is 471 g/mol. The molecule has 0 unspecified atom stereocenters. The zero-order chi connectivity index (χ0) is 24.6. The molecule has 1 atom stereocenters. The van der Waals surface area contributed by atoms with Gasteiger partial charge in [-0.2, -0.15) is 5.10 Å². The number of aliphatic imine (C=N–C) groups is 1. The largest absolute Gasteiger partial charge is 0.398 e. The molecule has 1 amide bonds. The van der Waals surface area contributed by atoms with Crippen LogP contribution in [-0.2, 0) is 16.1 Å². The van der Waals surface area contributed by atoms with E-state index in [1.807, 2.05) is 77.3 Å². The first-order valence-corrected chi connectivity index (χ1v) is 12.1. The summed E-state index contributed by atoms with van der Waals surface area (Å²) in [5, 5.41) is 4.75. The summed E-state index contributed by atoms with van der Waals surface area (Å²) in [6.07, 6.45) is 11.1. The molecule has 0 aliphatic carbocycles. The normalized spacial score (nSPS) is 19.6. The van der Waals surface area contributed by atoms with Crippen LogP contribution in [0.2, 0.25) is 0 Å². The van der Waals surface area contributed by atoms with E-state index in [0.29, 0.717) is 43.2 Å². The molecule has 1 aromatic carbocycles. The Morgan fingerprint density at radius 1 is 1.26 bits per heavy atom. The molecule has 0 spiro atoms. The van der Waals surface area contributed by atoms with Crippen LogP contribution >= 0.6 is 0 Å². The molecule has 7 nitrogen and oxygen atoms in total. The third kappa shape index (κ3) is 5.87. The van der Waals surface area contributed by atoms with E-state index in [4.69, 9.17) is 15.6 Å². The fourth-order valence-corrected chi connectivity index (χ4v) is 4.45. The Bertz CT molecular complexity index is 1170. The SMILES string of the molecule is C=C\C=C/C=C(C)/C(N)=C(\C(=O)N1CCC[C@H]1Cn1ccc(-c2ccccc2)n1)C1=NCCOC1. The van der Waals surface area contributed by atoms with Gasteiger partial charge in [0.15, 0.2) is 0 Å². The van der Waals surface area contributed by atoms with Gasteiger partial charge in [0.25, 0.3) is 5.91 Å². The van der Waals surface area contributed by atoms with Crippen molar-refractivity contribution < 1.29 is 9.53 Å². The van der Waals surface area contributed by atoms with E-state index in [0.717, 1.165) is 29.7 Å². The Morgan fingerprint density at radius 2 is 2.09 bits per heavy atom. The van der Waals surface area contributed by atoms with Crippen molar-refractivity contribution in [3.05, 3.63) is 90.3 Å². The lowest BCUT2D eigenvalue weighted by Crippen LogP contribution is -2.42. The Morgan fingerprint density at radius 3 is 2.83 bits per heavy atom. The topological polar surface area (TPSA) is 85.7 Å². The van der Waals surface area contributed by atoms with Gasteiger partial charge in [-0.25, -0.2) is 0 Å². The summed E-state index contributed by atoms with van der Waals surface area (Å²) >= 11 is 0. The van der Waals surface area contributed by atoms with E-state index in [-0.39, 0.29) is 18.6 Å². The maximum Gasteiger partial charge on any atom is 0.258 e. The second-order valence-electron chi connectivity index (χ2n) is 8.72. The zero-order valence-corrected chi connectivity index (χ0v) is 20.3. The van der Waals surface area contributed by atoms with Crippen molar-refractivity contribution in [2.45, 2.75) is 32.4 Å². The van der Waals surface area contributed by atoms with Crippen molar-refractivity contribution in [2.75, 3.05) is 26.3 Å². The van der Waals surface area contributed by atoms with Crippen molar-refractivity contribution >= 4 is 11.6 Å². The first-order chi connectivity index (χ1) is 17.1. The molecule has 1 aromatic heterocycles. The van der Waals surface area contributed by atoms with Crippen molar-refractivity contribution in [3.8, 4) is 11.3 Å². The minimum atomic E-state index is -0.0925. The van der Waals surface area contributed by atoms with Crippen LogP contribution < -0.4 is 5.73 Å². The van der Waals surface area contributed by atoms with E-state index < -0.39 is 0 Å². The number of carbonyl (C=O) groups is 1. The molecule has 2 aromatic rings. The summed E-state index contributed by atoms with van der Waals surface area (Å²) < 4.78 is 7.55. The van der Waals surface area contributed by atoms with Gasteiger partial charge in [0, 0.05) is 24.0 Å². The first kappa shape index (κ1) is 24.4. The summed E-state index contributed by atoms with van der Waals surface area (Å²) in [7, 11) is 0. The Kier molecular flexibility index (Phi) is 8.11. The number of nitrogens with two attached hydrogens (primary N) is 1. The molecule has 0 saturated carbocycles. The lowest BCUT2D eigenvalue weighted by molar-refractivity contribution is -0.127. The van der Waals surface area contributed by atoms with Gasteiger partial charge in [-0.3, -0.25) is 14.5 Å². The number of hydrogen-bond acceptors (Lipinski definition) is 5. The molecule has 182 valence electrons. The van der Waals surface area contributed by atoms with Crippen LogP contribution in [0.25, 0.3) is 11.3 Å². The third-order valence-corrected chi connectivity index (χ3v) is 6.31. The molecule has 1 saturated heterocycles. The smallest absolute Gasteiger partial charge is 0.258 e. The van der Waals surface area contributed by atoms with Crippen LogP contribution in [0.4, 0.5) is 0 Å². The van der Waals surface area contributed by atoms with Gasteiger partial charge in [-0.15, -0.1) is 0 Å². The number of benzene rings is 1. The van der Waals surface area contributed by atoms with Gasteiger partial charge >= 0.3 is 0 Å². The first-order valence-electron chi connectivity index (χ1n) is 12.1. The molecular weight excluding hydrogens is 438 g/mol. The van der Waals surface area contributed by atoms with Crippen LogP contribution in [0.3, 0.4) is 0 Å². The number of allylic oxidation sites excluding steroid dienone is 5. The van der Waals surface area contributed by atoms with Crippen LogP contribution in [0.15, 0.2) is 95.3 Å². The highest BCUT2D eigenvalue weighted by molar-refractivity contribution is 6.23. The van der Waals surface area contributed by atoms with Crippen LogP contribution in [0.1, 0.15) is 19.8 Å². The number of ether oxygens (including phenoxy) is 1. The predicted molar refractivity (Wildman–Crippen MR) is 140 cm³/mol. The van der Waals surface area contributed by atoms with Crippen molar-refractivity contribution in [2.24, 2.45) is 10.7 Å². The molecule has 3 heterocycles. The number of carbonyl (C=O) groups excluding carboxylic acids is 1. The summed E-state index contributed by atoms with van der Waals surface area (Å²) in [4.78, 5) is 20.4. The number of likely N-dealkylation sites (tertiary alicyclic amines) is 1. The van der Waals surface area contributed by atoms with E-state index in [1.165, 1.54) is 0 Å². The predicted octanol–water partition coefficient (Wildman–Crippen LogP) is 3.91. The number of aromatic nitrogens is 2. The lowest BCUT2D eigenvalue weighted by Gasteiger charge is -2.28. The maximum absolute atomic E-state index is 13.9. The van der Waals surface area contributed by atoms with E-state index in [9.17, 15) is 4.79 Å². The molecule has 0 bridgehead atoms. The van der Waals surface area contributed by atoms with Crippen LogP contribution in [0.5, 0.6) is 0 Å². The Labute approximate surface area is 207 Å². The molecule has 2 aliphatic heterocycles. The minimum absolute atomic E-state index is 0.0314. The molecule has 35 heavy (non-hydrogen) atoms. The summed E-state index contributed by atoms with van der Waals surface area (Å²) in [5.74, 6) is -0.0925. The highest BCUT2D eigenvalue weighted by Gasteiger charge is 2.34. The van der Waals surface area contributed by atoms with Crippen LogP contribution in [-0.4, -0.2) is 58.6 Å². The van der Waals surface area contributed by atoms with E-state index in [1.54, 1.807) is 6.08 Å². The quantitative estimate of drug-likeness (QED) is 0.467. The second kappa shape index (κ2) is 11.6. The Hall–Kier alpha value is -3.71. The summed E-state index contributed by atoms with van der Waals surface area (Å²) in [6.45, 7) is 8.27. The minimum Gasteiger partial charge on any atom is -0.398 e. The van der Waals surface area contributed by atoms with Crippen molar-refractivity contribution in [1.29, 1.82) is 0 Å². The molecule has 2 N–H and O–H groups in total. The molecule has 0 radical (unpaired) electrons. The van der Waals surface area contributed by atoms with Gasteiger partial charge in [-0.05, 0) is 31.4 Å². The van der Waals surface area contributed by atoms with E-state index >= 15 is 0 Å². The molecule has 2 aliphatic rings. The van der Waals surface area contributed by atoms with Crippen molar-refractivity contribution in [1.82, 2.24) is 14.7 Å². The summed E-state index contributed by atoms with van der Waals surface area (Å²) in [5.41, 5.74) is 10.9. The fourth-order valence-electron chi connectivity index (χ4n) is 4.45. The number of hydrogen-bond donors (Lipinski definition) is 1. The molecule has 7 heteroatoms. The van der Waals surface area contributed by atoms with Gasteiger partial charge in [0.1, 0.15) is 0 Å². The van der Waals surface area contributed by atoms with Crippen molar-refractivity contribution in [3.63, 3.8) is 0 Å². The van der Waals surface area contributed by atoms with Gasteiger partial charge < -0.3 is 15.4 Å².